The fraction of sp³-hybridized carbons (Fsp3) is 0.0588. The Hall–Kier alpha value is -2.63. The lowest BCUT2D eigenvalue weighted by molar-refractivity contribution is 0.562. The highest BCUT2D eigenvalue weighted by Gasteiger charge is 2.18. The molecule has 0 aliphatic heterocycles. The van der Waals surface area contributed by atoms with E-state index in [0.29, 0.717) is 33.1 Å². The summed E-state index contributed by atoms with van der Waals surface area (Å²) in [6, 6.07) is 11.0. The van der Waals surface area contributed by atoms with Gasteiger partial charge in [-0.15, -0.1) is 11.8 Å². The third kappa shape index (κ3) is 2.52. The summed E-state index contributed by atoms with van der Waals surface area (Å²) in [4.78, 5) is 16.7. The van der Waals surface area contributed by atoms with Gasteiger partial charge in [0.05, 0.1) is 11.3 Å². The van der Waals surface area contributed by atoms with Gasteiger partial charge in [-0.05, 0) is 36.6 Å². The number of benzene rings is 1. The first-order valence-corrected chi connectivity index (χ1v) is 9.20. The number of thioether (sulfide) groups is 1. The van der Waals surface area contributed by atoms with Crippen LogP contribution in [-0.2, 0) is 0 Å². The fourth-order valence-electron chi connectivity index (χ4n) is 2.64. The van der Waals surface area contributed by atoms with Crippen molar-refractivity contribution < 1.29 is 4.42 Å². The first-order valence-electron chi connectivity index (χ1n) is 7.18. The van der Waals surface area contributed by atoms with E-state index >= 15 is 0 Å². The Bertz CT molecular complexity index is 1240. The van der Waals surface area contributed by atoms with Crippen LogP contribution in [0.1, 0.15) is 5.56 Å². The number of hydrogen-bond acceptors (Lipinski definition) is 6. The van der Waals surface area contributed by atoms with E-state index in [4.69, 9.17) is 4.42 Å². The number of nitriles is 1. The molecular weight excluding hydrogens is 404 g/mol. The zero-order valence-electron chi connectivity index (χ0n) is 12.9. The van der Waals surface area contributed by atoms with Gasteiger partial charge in [-0.1, -0.05) is 15.9 Å². The third-order valence-electron chi connectivity index (χ3n) is 3.76. The van der Waals surface area contributed by atoms with Crippen LogP contribution in [0.25, 0.3) is 27.9 Å². The van der Waals surface area contributed by atoms with E-state index in [-0.39, 0.29) is 0 Å². The molecule has 1 aromatic carbocycles. The second-order valence-electron chi connectivity index (χ2n) is 5.19. The molecule has 0 atom stereocenters. The molecule has 8 heteroatoms. The fourth-order valence-corrected chi connectivity index (χ4v) is 3.53. The summed E-state index contributed by atoms with van der Waals surface area (Å²) in [6.45, 7) is 0. The quantitative estimate of drug-likeness (QED) is 0.367. The van der Waals surface area contributed by atoms with Crippen molar-refractivity contribution in [1.82, 2.24) is 14.6 Å². The highest BCUT2D eigenvalue weighted by atomic mass is 79.9. The maximum absolute atomic E-state index is 12.5. The minimum Gasteiger partial charge on any atom is -0.422 e. The van der Waals surface area contributed by atoms with Crippen LogP contribution >= 0.6 is 27.7 Å². The number of rotatable bonds is 2. The second kappa shape index (κ2) is 6.02. The summed E-state index contributed by atoms with van der Waals surface area (Å²) in [6.07, 6.45) is 3.39. The molecule has 0 fully saturated rings. The molecule has 0 radical (unpaired) electrons. The largest absolute Gasteiger partial charge is 0.422 e. The van der Waals surface area contributed by atoms with Gasteiger partial charge in [0.25, 0.3) is 0 Å². The van der Waals surface area contributed by atoms with Crippen molar-refractivity contribution in [2.75, 3.05) is 6.26 Å². The van der Waals surface area contributed by atoms with E-state index in [0.717, 1.165) is 9.86 Å². The summed E-state index contributed by atoms with van der Waals surface area (Å²) >= 11 is 4.77. The van der Waals surface area contributed by atoms with E-state index in [1.165, 1.54) is 16.3 Å². The molecule has 25 heavy (non-hydrogen) atoms. The molecular formula is C17H9BrN4O2S. The molecule has 0 unspecified atom stereocenters. The number of nitrogens with zero attached hydrogens (tertiary/aromatic N) is 4. The van der Waals surface area contributed by atoms with Crippen LogP contribution in [0, 0.1) is 11.3 Å². The van der Waals surface area contributed by atoms with Crippen LogP contribution in [0.15, 0.2) is 55.2 Å². The molecule has 0 aliphatic carbocycles. The minimum atomic E-state index is -0.470. The number of halogens is 1. The molecule has 0 N–H and O–H groups in total. The van der Waals surface area contributed by atoms with E-state index in [9.17, 15) is 10.1 Å². The molecule has 0 saturated heterocycles. The lowest BCUT2D eigenvalue weighted by Gasteiger charge is -2.05. The van der Waals surface area contributed by atoms with Crippen molar-refractivity contribution in [3.05, 3.63) is 57.0 Å². The van der Waals surface area contributed by atoms with Crippen LogP contribution in [0.3, 0.4) is 0 Å². The van der Waals surface area contributed by atoms with E-state index < -0.39 is 5.63 Å². The normalized spacial score (nSPS) is 11.1. The van der Waals surface area contributed by atoms with Gasteiger partial charge in [-0.25, -0.2) is 14.3 Å². The molecule has 0 saturated carbocycles. The van der Waals surface area contributed by atoms with Crippen LogP contribution in [-0.4, -0.2) is 20.9 Å². The van der Waals surface area contributed by atoms with Crippen LogP contribution < -0.4 is 5.63 Å². The maximum Gasteiger partial charge on any atom is 0.345 e. The highest BCUT2D eigenvalue weighted by Crippen LogP contribution is 2.27. The average Bonchev–Trinajstić information content (AvgIpc) is 2.99. The van der Waals surface area contributed by atoms with Crippen LogP contribution in [0.4, 0.5) is 0 Å². The van der Waals surface area contributed by atoms with Gasteiger partial charge < -0.3 is 4.42 Å². The zero-order valence-corrected chi connectivity index (χ0v) is 15.3. The molecule has 0 spiro atoms. The number of hydrogen-bond donors (Lipinski definition) is 0. The Balaban J connectivity index is 2.07. The minimum absolute atomic E-state index is 0.359. The molecule has 0 aliphatic rings. The maximum atomic E-state index is 12.5. The summed E-state index contributed by atoms with van der Waals surface area (Å²) < 4.78 is 7.83. The van der Waals surface area contributed by atoms with Crippen molar-refractivity contribution in [1.29, 1.82) is 5.26 Å². The summed E-state index contributed by atoms with van der Waals surface area (Å²) in [5.41, 5.74) is 1.72. The molecule has 0 amide bonds. The number of aromatic nitrogens is 3. The molecule has 122 valence electrons. The Kier molecular flexibility index (Phi) is 3.82. The summed E-state index contributed by atoms with van der Waals surface area (Å²) in [7, 11) is 0. The van der Waals surface area contributed by atoms with Gasteiger partial charge in [-0.3, -0.25) is 0 Å². The highest BCUT2D eigenvalue weighted by molar-refractivity contribution is 9.10. The van der Waals surface area contributed by atoms with Crippen molar-refractivity contribution in [2.45, 2.75) is 5.03 Å². The topological polar surface area (TPSA) is 84.2 Å². The first-order chi connectivity index (χ1) is 12.1. The van der Waals surface area contributed by atoms with Crippen molar-refractivity contribution >= 4 is 44.3 Å². The van der Waals surface area contributed by atoms with E-state index in [2.05, 4.69) is 32.1 Å². The van der Waals surface area contributed by atoms with Gasteiger partial charge in [0.2, 0.25) is 0 Å². The van der Waals surface area contributed by atoms with Gasteiger partial charge in [0, 0.05) is 16.1 Å². The molecule has 4 aromatic rings. The SMILES string of the molecule is CSc1nn2c(-c3cc4cc(Br)ccc4oc3=O)ccnc2c1C#N. The van der Waals surface area contributed by atoms with Crippen molar-refractivity contribution in [2.24, 2.45) is 0 Å². The van der Waals surface area contributed by atoms with E-state index in [1.54, 1.807) is 24.4 Å². The van der Waals surface area contributed by atoms with Gasteiger partial charge >= 0.3 is 5.63 Å². The standard InChI is InChI=1S/C17H9BrN4O2S/c1-25-16-12(8-19)15-20-5-4-13(22(15)21-16)11-7-9-6-10(18)2-3-14(9)24-17(11)23/h2-7H,1H3. The predicted molar refractivity (Wildman–Crippen MR) is 98.7 cm³/mol. The lowest BCUT2D eigenvalue weighted by Crippen LogP contribution is -2.07. The van der Waals surface area contributed by atoms with Crippen LogP contribution in [0.5, 0.6) is 0 Å². The second-order valence-corrected chi connectivity index (χ2v) is 6.90. The third-order valence-corrected chi connectivity index (χ3v) is 4.93. The Labute approximate surface area is 154 Å². The predicted octanol–water partition coefficient (Wildman–Crippen LogP) is 3.86. The van der Waals surface area contributed by atoms with Crippen molar-refractivity contribution in [3.8, 4) is 17.3 Å². The van der Waals surface area contributed by atoms with Gasteiger partial charge in [0.1, 0.15) is 22.2 Å². The lowest BCUT2D eigenvalue weighted by atomic mass is 10.1. The molecule has 6 nitrogen and oxygen atoms in total. The average molecular weight is 413 g/mol. The monoisotopic (exact) mass is 412 g/mol. The van der Waals surface area contributed by atoms with Gasteiger partial charge in [0.15, 0.2) is 5.65 Å². The molecule has 3 aromatic heterocycles. The van der Waals surface area contributed by atoms with E-state index in [1.807, 2.05) is 18.4 Å². The Morgan fingerprint density at radius 2 is 2.16 bits per heavy atom. The molecule has 0 bridgehead atoms. The van der Waals surface area contributed by atoms with Crippen LogP contribution in [0.2, 0.25) is 0 Å². The number of fused-ring (bicyclic) bond motifs is 2. The Morgan fingerprint density at radius 1 is 1.32 bits per heavy atom. The molecule has 3 heterocycles. The summed E-state index contributed by atoms with van der Waals surface area (Å²) in [5.74, 6) is 0. The van der Waals surface area contributed by atoms with Crippen molar-refractivity contribution in [3.63, 3.8) is 0 Å². The summed E-state index contributed by atoms with van der Waals surface area (Å²) in [5, 5.41) is 15.2. The van der Waals surface area contributed by atoms with Gasteiger partial charge in [-0.2, -0.15) is 10.4 Å². The smallest absolute Gasteiger partial charge is 0.345 e. The first kappa shape index (κ1) is 15.9. The zero-order chi connectivity index (χ0) is 17.6. The molecule has 4 rings (SSSR count). The Morgan fingerprint density at radius 3 is 2.92 bits per heavy atom.